The number of hydrogen-bond acceptors (Lipinski definition) is 9. The van der Waals surface area contributed by atoms with Gasteiger partial charge in [-0.15, -0.1) is 0 Å². The Labute approximate surface area is 320 Å². The van der Waals surface area contributed by atoms with Crippen molar-refractivity contribution in [1.82, 2.24) is 9.97 Å². The SMILES string of the molecule is [B]c1c(O)c(O)c(O)c(-c2cc(-c3ccccc3)nc(-c3ccc(N(c4ccccc4)c4ccc5c(c4)oc4ccccc45)c4oc5ccccc5c34)n2)c1O. The number of phenols is 4. The number of phenolic OH excluding ortho intramolecular Hbond substituents is 4. The lowest BCUT2D eigenvalue weighted by Gasteiger charge is -2.26. The highest BCUT2D eigenvalue weighted by molar-refractivity contribution is 6.37. The molecule has 0 saturated heterocycles. The van der Waals surface area contributed by atoms with Gasteiger partial charge in [0.15, 0.2) is 22.9 Å². The average molecular weight is 730 g/mol. The molecule has 3 heterocycles. The van der Waals surface area contributed by atoms with Crippen molar-refractivity contribution in [3.63, 3.8) is 0 Å². The standard InChI is InChI=1S/C46H28BN3O6/c47-40-41(51)39(42(52)44(54)43(40)53)33-24-32(25-11-3-1-4-12-25)48-46(49-33)31-21-22-34(45-38(31)30-16-8-10-18-36(30)56-45)50(26-13-5-2-6-14-26)27-19-20-29-28-15-7-9-17-35(28)55-37(29)23-27/h1-24,51-54H. The lowest BCUT2D eigenvalue weighted by molar-refractivity contribution is 0.365. The highest BCUT2D eigenvalue weighted by Gasteiger charge is 2.27. The summed E-state index contributed by atoms with van der Waals surface area (Å²) in [5, 5.41) is 46.6. The Morgan fingerprint density at radius 3 is 1.91 bits per heavy atom. The van der Waals surface area contributed by atoms with Crippen LogP contribution in [0.5, 0.6) is 23.0 Å². The molecule has 0 aliphatic carbocycles. The van der Waals surface area contributed by atoms with Crippen molar-refractivity contribution in [1.29, 1.82) is 0 Å². The van der Waals surface area contributed by atoms with Gasteiger partial charge in [-0.05, 0) is 60.1 Å². The second kappa shape index (κ2) is 12.7. The summed E-state index contributed by atoms with van der Waals surface area (Å²) in [7, 11) is 5.96. The number of aromatic hydroxyl groups is 4. The molecule has 0 bridgehead atoms. The molecule has 10 heteroatoms. The highest BCUT2D eigenvalue weighted by Crippen LogP contribution is 2.49. The van der Waals surface area contributed by atoms with E-state index in [0.717, 1.165) is 55.3 Å². The molecule has 0 unspecified atom stereocenters. The number of para-hydroxylation sites is 3. The summed E-state index contributed by atoms with van der Waals surface area (Å²) in [4.78, 5) is 12.0. The molecule has 3 aromatic heterocycles. The lowest BCUT2D eigenvalue weighted by Crippen LogP contribution is -2.10. The van der Waals surface area contributed by atoms with Crippen molar-refractivity contribution >= 4 is 74.2 Å². The Morgan fingerprint density at radius 2 is 1.14 bits per heavy atom. The molecule has 266 valence electrons. The summed E-state index contributed by atoms with van der Waals surface area (Å²) in [5.41, 5.74) is 6.30. The minimum absolute atomic E-state index is 0.0564. The maximum Gasteiger partial charge on any atom is 0.200 e. The van der Waals surface area contributed by atoms with Crippen molar-refractivity contribution in [3.05, 3.63) is 146 Å². The lowest BCUT2D eigenvalue weighted by atomic mass is 9.89. The highest BCUT2D eigenvalue weighted by atomic mass is 16.3. The summed E-state index contributed by atoms with van der Waals surface area (Å²) in [5.74, 6) is -2.91. The normalized spacial score (nSPS) is 11.6. The topological polar surface area (TPSA) is 136 Å². The first-order valence-corrected chi connectivity index (χ1v) is 17.8. The van der Waals surface area contributed by atoms with Gasteiger partial charge in [-0.1, -0.05) is 84.9 Å². The maximum absolute atomic E-state index is 11.1. The molecule has 0 amide bonds. The molecule has 2 radical (unpaired) electrons. The van der Waals surface area contributed by atoms with Gasteiger partial charge < -0.3 is 34.2 Å². The maximum atomic E-state index is 11.1. The smallest absolute Gasteiger partial charge is 0.200 e. The average Bonchev–Trinajstić information content (AvgIpc) is 3.82. The predicted molar refractivity (Wildman–Crippen MR) is 220 cm³/mol. The molecule has 0 spiro atoms. The molecule has 0 aliphatic heterocycles. The number of rotatable bonds is 6. The van der Waals surface area contributed by atoms with Crippen molar-refractivity contribution in [3.8, 4) is 56.9 Å². The van der Waals surface area contributed by atoms with Crippen LogP contribution in [0.4, 0.5) is 17.1 Å². The number of nitrogens with zero attached hydrogens (tertiary/aromatic N) is 3. The van der Waals surface area contributed by atoms with Crippen molar-refractivity contribution in [2.24, 2.45) is 0 Å². The van der Waals surface area contributed by atoms with Gasteiger partial charge in [-0.25, -0.2) is 9.97 Å². The van der Waals surface area contributed by atoms with Crippen LogP contribution in [0.1, 0.15) is 0 Å². The first-order chi connectivity index (χ1) is 27.4. The van der Waals surface area contributed by atoms with Crippen LogP contribution in [0.3, 0.4) is 0 Å². The second-order valence-electron chi connectivity index (χ2n) is 13.4. The van der Waals surface area contributed by atoms with Gasteiger partial charge in [0.25, 0.3) is 0 Å². The number of furan rings is 2. The van der Waals surface area contributed by atoms with Gasteiger partial charge in [0.2, 0.25) is 5.75 Å². The Kier molecular flexibility index (Phi) is 7.47. The molecule has 0 aliphatic rings. The van der Waals surface area contributed by atoms with Gasteiger partial charge in [0, 0.05) is 44.4 Å². The Bertz CT molecular complexity index is 3130. The monoisotopic (exact) mass is 729 g/mol. The zero-order chi connectivity index (χ0) is 38.1. The number of benzene rings is 7. The largest absolute Gasteiger partial charge is 0.508 e. The molecule has 0 atom stereocenters. The van der Waals surface area contributed by atoms with E-state index in [1.807, 2.05) is 121 Å². The molecule has 0 fully saturated rings. The fourth-order valence-corrected chi connectivity index (χ4v) is 7.45. The fourth-order valence-electron chi connectivity index (χ4n) is 7.45. The van der Waals surface area contributed by atoms with Crippen LogP contribution >= 0.6 is 0 Å². The summed E-state index contributed by atoms with van der Waals surface area (Å²) in [6.45, 7) is 0. The van der Waals surface area contributed by atoms with E-state index in [-0.39, 0.29) is 17.1 Å². The van der Waals surface area contributed by atoms with E-state index >= 15 is 0 Å². The molecule has 56 heavy (non-hydrogen) atoms. The van der Waals surface area contributed by atoms with E-state index in [1.165, 1.54) is 0 Å². The molecular weight excluding hydrogens is 701 g/mol. The van der Waals surface area contributed by atoms with E-state index < -0.39 is 28.5 Å². The molecular formula is C46H28BN3O6. The zero-order valence-corrected chi connectivity index (χ0v) is 29.4. The van der Waals surface area contributed by atoms with Crippen LogP contribution in [0.25, 0.3) is 77.8 Å². The molecule has 0 saturated carbocycles. The van der Waals surface area contributed by atoms with Crippen molar-refractivity contribution in [2.45, 2.75) is 0 Å². The van der Waals surface area contributed by atoms with Crippen LogP contribution < -0.4 is 10.4 Å². The van der Waals surface area contributed by atoms with E-state index in [2.05, 4.69) is 23.1 Å². The van der Waals surface area contributed by atoms with Gasteiger partial charge in [0.1, 0.15) is 30.3 Å². The molecule has 7 aromatic carbocycles. The van der Waals surface area contributed by atoms with Gasteiger partial charge in [0.05, 0.1) is 28.3 Å². The minimum Gasteiger partial charge on any atom is -0.508 e. The van der Waals surface area contributed by atoms with Crippen LogP contribution in [0.2, 0.25) is 0 Å². The van der Waals surface area contributed by atoms with E-state index in [9.17, 15) is 20.4 Å². The van der Waals surface area contributed by atoms with Crippen LogP contribution in [0.15, 0.2) is 154 Å². The van der Waals surface area contributed by atoms with Crippen LogP contribution in [-0.2, 0) is 0 Å². The first-order valence-electron chi connectivity index (χ1n) is 17.8. The number of fused-ring (bicyclic) bond motifs is 6. The molecule has 4 N–H and O–H groups in total. The Morgan fingerprint density at radius 1 is 0.500 bits per heavy atom. The summed E-state index contributed by atoms with van der Waals surface area (Å²) in [6.07, 6.45) is 0. The fraction of sp³-hybridized carbons (Fsp3) is 0. The van der Waals surface area contributed by atoms with Crippen LogP contribution in [0, 0.1) is 0 Å². The number of anilines is 3. The van der Waals surface area contributed by atoms with E-state index in [0.29, 0.717) is 22.4 Å². The van der Waals surface area contributed by atoms with Crippen LogP contribution in [-0.4, -0.2) is 38.2 Å². The van der Waals surface area contributed by atoms with Gasteiger partial charge >= 0.3 is 0 Å². The third-order valence-corrected chi connectivity index (χ3v) is 10.1. The Balaban J connectivity index is 1.25. The van der Waals surface area contributed by atoms with Crippen molar-refractivity contribution in [2.75, 3.05) is 4.90 Å². The number of aromatic nitrogens is 2. The second-order valence-corrected chi connectivity index (χ2v) is 13.4. The predicted octanol–water partition coefficient (Wildman–Crippen LogP) is 10.4. The zero-order valence-electron chi connectivity index (χ0n) is 29.4. The minimum atomic E-state index is -0.883. The molecule has 10 aromatic rings. The quantitative estimate of drug-likeness (QED) is 0.0749. The summed E-state index contributed by atoms with van der Waals surface area (Å²) >= 11 is 0. The van der Waals surface area contributed by atoms with E-state index in [1.54, 1.807) is 6.07 Å². The third-order valence-electron chi connectivity index (χ3n) is 10.1. The Hall–Kier alpha value is -7.72. The van der Waals surface area contributed by atoms with Crippen molar-refractivity contribution < 1.29 is 29.3 Å². The van der Waals surface area contributed by atoms with Gasteiger partial charge in [-0.3, -0.25) is 0 Å². The summed E-state index contributed by atoms with van der Waals surface area (Å²) < 4.78 is 13.1. The number of hydrogen-bond donors (Lipinski definition) is 4. The molecule has 9 nitrogen and oxygen atoms in total. The first kappa shape index (κ1) is 32.9. The third kappa shape index (κ3) is 5.11. The summed E-state index contributed by atoms with van der Waals surface area (Å²) in [6, 6.07) is 46.7. The van der Waals surface area contributed by atoms with Gasteiger partial charge in [-0.2, -0.15) is 0 Å². The molecule has 10 rings (SSSR count). The van der Waals surface area contributed by atoms with E-state index in [4.69, 9.17) is 26.6 Å².